The molecule has 0 atom stereocenters. The average Bonchev–Trinajstić information content (AvgIpc) is 3.72. The Morgan fingerprint density at radius 3 is 1.37 bits per heavy atom. The van der Waals surface area contributed by atoms with Gasteiger partial charge in [-0.2, -0.15) is 0 Å². The third-order valence-corrected chi connectivity index (χ3v) is 11.7. The molecule has 0 aliphatic carbocycles. The Kier molecular flexibility index (Phi) is 8.47. The van der Waals surface area contributed by atoms with Gasteiger partial charge in [0.2, 0.25) is 0 Å². The lowest BCUT2D eigenvalue weighted by atomic mass is 9.93. The molecule has 2 heteroatoms. The number of nitrogens with zero attached hydrogens (tertiary/aromatic N) is 2. The molecular formula is C60H42N2. The normalized spacial score (nSPS) is 12.1. The van der Waals surface area contributed by atoms with Crippen LogP contribution in [0.4, 0.5) is 17.1 Å². The second-order valence-corrected chi connectivity index (χ2v) is 15.4. The van der Waals surface area contributed by atoms with Gasteiger partial charge in [-0.15, -0.1) is 0 Å². The van der Waals surface area contributed by atoms with Crippen molar-refractivity contribution < 1.29 is 5.48 Å². The molecule has 0 aliphatic rings. The van der Waals surface area contributed by atoms with E-state index in [0.29, 0.717) is 16.9 Å². The quantitative estimate of drug-likeness (QED) is 0.141. The van der Waals surface area contributed by atoms with Gasteiger partial charge in [-0.1, -0.05) is 188 Å². The van der Waals surface area contributed by atoms with Crippen LogP contribution in [0.25, 0.3) is 83.1 Å². The Labute approximate surface area is 368 Å². The summed E-state index contributed by atoms with van der Waals surface area (Å²) in [6, 6.07) is 77.6. The lowest BCUT2D eigenvalue weighted by Crippen LogP contribution is -2.10. The van der Waals surface area contributed by atoms with E-state index < -0.39 is 0 Å². The molecule has 1 heterocycles. The fraction of sp³-hybridized carbons (Fsp3) is 0. The molecule has 62 heavy (non-hydrogen) atoms. The van der Waals surface area contributed by atoms with E-state index >= 15 is 0 Å². The van der Waals surface area contributed by atoms with Crippen LogP contribution in [0.5, 0.6) is 0 Å². The number of anilines is 3. The predicted octanol–water partition coefficient (Wildman–Crippen LogP) is 16.6. The highest BCUT2D eigenvalue weighted by Crippen LogP contribution is 2.42. The molecule has 0 amide bonds. The summed E-state index contributed by atoms with van der Waals surface area (Å²) in [4.78, 5) is 1.88. The van der Waals surface area contributed by atoms with Crippen LogP contribution in [0, 0.1) is 0 Å². The zero-order chi connectivity index (χ0) is 44.7. The summed E-state index contributed by atoms with van der Waals surface area (Å²) in [6.07, 6.45) is 0. The van der Waals surface area contributed by atoms with Crippen molar-refractivity contribution in [3.8, 4) is 61.3 Å². The Hall–Kier alpha value is -8.20. The average molecular weight is 795 g/mol. The second kappa shape index (κ2) is 16.1. The van der Waals surface area contributed by atoms with E-state index in [1.54, 1.807) is 0 Å². The monoisotopic (exact) mass is 794 g/mol. The third kappa shape index (κ3) is 6.94. The standard InChI is InChI=1S/C60H42N2/c1-5-15-43(16-6-1)45-25-32-51(33-26-45)61(54-38-39-55(48-19-9-3-10-20-48)57(42-54)49-21-11-4-12-22-49)52-34-29-47(30-35-52)50-31-40-60-58(41-50)56-23-13-14-24-59(56)62(60)53-36-27-46(28-37-53)44-17-7-2-8-18-44/h1-42H/i29D,30D,34D,35D. The molecule has 10 aromatic carbocycles. The summed E-state index contributed by atoms with van der Waals surface area (Å²) in [5.74, 6) is 0. The Morgan fingerprint density at radius 2 is 0.758 bits per heavy atom. The van der Waals surface area contributed by atoms with Crippen LogP contribution in [-0.2, 0) is 0 Å². The van der Waals surface area contributed by atoms with Crippen LogP contribution in [-0.4, -0.2) is 4.57 Å². The van der Waals surface area contributed by atoms with Gasteiger partial charge in [0.25, 0.3) is 0 Å². The van der Waals surface area contributed by atoms with Gasteiger partial charge in [0.05, 0.1) is 16.5 Å². The van der Waals surface area contributed by atoms with Crippen molar-refractivity contribution in [2.24, 2.45) is 0 Å². The van der Waals surface area contributed by atoms with Gasteiger partial charge in [-0.25, -0.2) is 0 Å². The van der Waals surface area contributed by atoms with Crippen LogP contribution in [0.3, 0.4) is 0 Å². The van der Waals surface area contributed by atoms with E-state index in [1.807, 2.05) is 138 Å². The first-order valence-electron chi connectivity index (χ1n) is 22.9. The zero-order valence-corrected chi connectivity index (χ0v) is 33.8. The van der Waals surface area contributed by atoms with Gasteiger partial charge in [-0.05, 0) is 122 Å². The number of hydrogen-bond donors (Lipinski definition) is 0. The van der Waals surface area contributed by atoms with Crippen LogP contribution < -0.4 is 4.90 Å². The lowest BCUT2D eigenvalue weighted by Gasteiger charge is -2.27. The molecule has 292 valence electrons. The number of benzene rings is 10. The summed E-state index contributed by atoms with van der Waals surface area (Å²) in [5, 5.41) is 2.00. The first-order chi connectivity index (χ1) is 32.4. The van der Waals surface area contributed by atoms with Gasteiger partial charge < -0.3 is 9.47 Å². The van der Waals surface area contributed by atoms with E-state index in [0.717, 1.165) is 72.0 Å². The van der Waals surface area contributed by atoms with Crippen molar-refractivity contribution in [3.05, 3.63) is 255 Å². The molecule has 0 unspecified atom stereocenters. The van der Waals surface area contributed by atoms with E-state index in [4.69, 9.17) is 0 Å². The van der Waals surface area contributed by atoms with Crippen molar-refractivity contribution >= 4 is 38.9 Å². The van der Waals surface area contributed by atoms with Gasteiger partial charge in [0.15, 0.2) is 0 Å². The second-order valence-electron chi connectivity index (χ2n) is 15.4. The van der Waals surface area contributed by atoms with E-state index in [2.05, 4.69) is 102 Å². The molecular weight excluding hydrogens is 749 g/mol. The number of rotatable bonds is 9. The van der Waals surface area contributed by atoms with Crippen molar-refractivity contribution in [1.29, 1.82) is 0 Å². The van der Waals surface area contributed by atoms with E-state index in [9.17, 15) is 5.48 Å². The minimum atomic E-state index is -0.132. The molecule has 1 aromatic heterocycles. The van der Waals surface area contributed by atoms with E-state index in [-0.39, 0.29) is 35.4 Å². The Balaban J connectivity index is 1.07. The first kappa shape index (κ1) is 32.6. The smallest absolute Gasteiger partial charge is 0.0645 e. The van der Waals surface area contributed by atoms with Gasteiger partial charge >= 0.3 is 0 Å². The minimum Gasteiger partial charge on any atom is -0.310 e. The predicted molar refractivity (Wildman–Crippen MR) is 263 cm³/mol. The Bertz CT molecular complexity index is 3510. The van der Waals surface area contributed by atoms with E-state index in [1.165, 1.54) is 0 Å². The fourth-order valence-corrected chi connectivity index (χ4v) is 8.64. The highest BCUT2D eigenvalue weighted by molar-refractivity contribution is 6.10. The molecule has 0 aliphatic heterocycles. The number of aromatic nitrogens is 1. The minimum absolute atomic E-state index is 0.110. The van der Waals surface area contributed by atoms with Crippen LogP contribution in [0.15, 0.2) is 255 Å². The molecule has 11 rings (SSSR count). The largest absolute Gasteiger partial charge is 0.310 e. The maximum Gasteiger partial charge on any atom is 0.0645 e. The topological polar surface area (TPSA) is 8.17 Å². The molecule has 11 aromatic rings. The summed E-state index contributed by atoms with van der Waals surface area (Å²) >= 11 is 0. The molecule has 0 fully saturated rings. The molecule has 2 nitrogen and oxygen atoms in total. The highest BCUT2D eigenvalue weighted by Gasteiger charge is 2.18. The molecule has 0 spiro atoms. The van der Waals surface area contributed by atoms with Gasteiger partial charge in [0, 0.05) is 33.5 Å². The molecule has 0 saturated carbocycles. The van der Waals surface area contributed by atoms with Crippen LogP contribution in [0.2, 0.25) is 0 Å². The maximum absolute atomic E-state index is 9.78. The molecule has 0 radical (unpaired) electrons. The third-order valence-electron chi connectivity index (χ3n) is 11.7. The molecule has 0 bridgehead atoms. The van der Waals surface area contributed by atoms with Gasteiger partial charge in [-0.3, -0.25) is 0 Å². The van der Waals surface area contributed by atoms with Crippen LogP contribution in [0.1, 0.15) is 5.48 Å². The summed E-state index contributed by atoms with van der Waals surface area (Å²) < 4.78 is 41.2. The molecule has 0 saturated heterocycles. The van der Waals surface area contributed by atoms with Crippen molar-refractivity contribution in [2.45, 2.75) is 0 Å². The molecule has 0 N–H and O–H groups in total. The van der Waals surface area contributed by atoms with Crippen LogP contribution >= 0.6 is 0 Å². The zero-order valence-electron chi connectivity index (χ0n) is 37.8. The fourth-order valence-electron chi connectivity index (χ4n) is 8.64. The number of fused-ring (bicyclic) bond motifs is 3. The maximum atomic E-state index is 9.78. The summed E-state index contributed by atoms with van der Waals surface area (Å²) in [7, 11) is 0. The van der Waals surface area contributed by atoms with Crippen molar-refractivity contribution in [2.75, 3.05) is 4.90 Å². The van der Waals surface area contributed by atoms with Gasteiger partial charge in [0.1, 0.15) is 0 Å². The summed E-state index contributed by atoms with van der Waals surface area (Å²) in [6.45, 7) is 0. The van der Waals surface area contributed by atoms with Crippen molar-refractivity contribution in [3.63, 3.8) is 0 Å². The van der Waals surface area contributed by atoms with Crippen molar-refractivity contribution in [1.82, 2.24) is 4.57 Å². The SMILES string of the molecule is [2H]c1c([2H])c(N(c2ccc(-c3ccccc3)cc2)c2ccc(-c3ccccc3)c(-c3ccccc3)c2)c([2H])c([2H])c1-c1ccc2c(c1)c1ccccc1n2-c1ccc(-c2ccccc2)cc1. The Morgan fingerprint density at radius 1 is 0.290 bits per heavy atom. The lowest BCUT2D eigenvalue weighted by molar-refractivity contribution is 1.18. The number of hydrogen-bond acceptors (Lipinski definition) is 1. The first-order valence-corrected chi connectivity index (χ1v) is 20.9. The highest BCUT2D eigenvalue weighted by atomic mass is 15.1. The summed E-state index contributed by atoms with van der Waals surface area (Å²) in [5.41, 5.74) is 14.0. The number of para-hydroxylation sites is 1.